The molecule has 0 heterocycles. The highest BCUT2D eigenvalue weighted by Crippen LogP contribution is 2.24. The molecule has 0 radical (unpaired) electrons. The third-order valence-corrected chi connectivity index (χ3v) is 4.95. The molecule has 1 N–H and O–H groups in total. The number of amides is 1. The SMILES string of the molecule is C=CCOc1ccc(C(=O)N/N=C\c2cc(Br)ccc2OC(=O)c2ccccc2Cl)cc1. The van der Waals surface area contributed by atoms with E-state index in [9.17, 15) is 9.59 Å². The largest absolute Gasteiger partial charge is 0.490 e. The van der Waals surface area contributed by atoms with Crippen molar-refractivity contribution in [1.82, 2.24) is 5.43 Å². The Kier molecular flexibility index (Phi) is 8.19. The molecule has 8 heteroatoms. The van der Waals surface area contributed by atoms with E-state index < -0.39 is 11.9 Å². The highest BCUT2D eigenvalue weighted by Gasteiger charge is 2.14. The fraction of sp³-hybridized carbons (Fsp3) is 0.0417. The molecule has 0 aliphatic rings. The zero-order valence-corrected chi connectivity index (χ0v) is 19.1. The second-order valence-corrected chi connectivity index (χ2v) is 7.70. The van der Waals surface area contributed by atoms with Crippen molar-refractivity contribution in [2.75, 3.05) is 6.61 Å². The summed E-state index contributed by atoms with van der Waals surface area (Å²) >= 11 is 9.44. The summed E-state index contributed by atoms with van der Waals surface area (Å²) < 4.78 is 11.6. The van der Waals surface area contributed by atoms with E-state index in [1.54, 1.807) is 72.8 Å². The van der Waals surface area contributed by atoms with E-state index in [0.29, 0.717) is 23.5 Å². The number of carbonyl (C=O) groups is 2. The van der Waals surface area contributed by atoms with Crippen molar-refractivity contribution in [3.63, 3.8) is 0 Å². The zero-order valence-electron chi connectivity index (χ0n) is 16.8. The molecular weight excluding hydrogens is 496 g/mol. The molecule has 0 saturated heterocycles. The van der Waals surface area contributed by atoms with Gasteiger partial charge in [0.25, 0.3) is 5.91 Å². The molecule has 3 rings (SSSR count). The maximum absolute atomic E-state index is 12.5. The van der Waals surface area contributed by atoms with Gasteiger partial charge in [0.15, 0.2) is 0 Å². The molecule has 32 heavy (non-hydrogen) atoms. The summed E-state index contributed by atoms with van der Waals surface area (Å²) in [4.78, 5) is 24.8. The van der Waals surface area contributed by atoms with Gasteiger partial charge in [0, 0.05) is 15.6 Å². The van der Waals surface area contributed by atoms with Crippen LogP contribution in [0.1, 0.15) is 26.3 Å². The van der Waals surface area contributed by atoms with Gasteiger partial charge in [-0.25, -0.2) is 10.2 Å². The van der Waals surface area contributed by atoms with E-state index in [1.807, 2.05) is 0 Å². The van der Waals surface area contributed by atoms with Crippen molar-refractivity contribution in [3.8, 4) is 11.5 Å². The van der Waals surface area contributed by atoms with Crippen molar-refractivity contribution in [1.29, 1.82) is 0 Å². The predicted molar refractivity (Wildman–Crippen MR) is 128 cm³/mol. The number of rotatable bonds is 8. The Hall–Kier alpha value is -3.42. The van der Waals surface area contributed by atoms with Gasteiger partial charge < -0.3 is 9.47 Å². The highest BCUT2D eigenvalue weighted by atomic mass is 79.9. The molecule has 162 valence electrons. The molecule has 3 aromatic rings. The number of hydrazone groups is 1. The molecule has 0 aliphatic carbocycles. The first-order valence-corrected chi connectivity index (χ1v) is 10.6. The molecule has 0 aliphatic heterocycles. The van der Waals surface area contributed by atoms with Crippen LogP contribution in [0.5, 0.6) is 11.5 Å². The van der Waals surface area contributed by atoms with Crippen LogP contribution in [0.25, 0.3) is 0 Å². The lowest BCUT2D eigenvalue weighted by Gasteiger charge is -2.09. The van der Waals surface area contributed by atoms with Crippen LogP contribution in [-0.2, 0) is 0 Å². The number of nitrogens with zero attached hydrogens (tertiary/aromatic N) is 1. The number of benzene rings is 3. The van der Waals surface area contributed by atoms with Gasteiger partial charge in [0.05, 0.1) is 16.8 Å². The second-order valence-electron chi connectivity index (χ2n) is 6.37. The zero-order chi connectivity index (χ0) is 22.9. The van der Waals surface area contributed by atoms with Crippen LogP contribution < -0.4 is 14.9 Å². The summed E-state index contributed by atoms with van der Waals surface area (Å²) in [6, 6.07) is 18.3. The minimum Gasteiger partial charge on any atom is -0.490 e. The van der Waals surface area contributed by atoms with Gasteiger partial charge in [0.1, 0.15) is 18.1 Å². The summed E-state index contributed by atoms with van der Waals surface area (Å²) in [5, 5.41) is 4.27. The first kappa shape index (κ1) is 23.2. The quantitative estimate of drug-likeness (QED) is 0.139. The lowest BCUT2D eigenvalue weighted by atomic mass is 10.2. The molecule has 0 fully saturated rings. The smallest absolute Gasteiger partial charge is 0.345 e. The third kappa shape index (κ3) is 6.29. The van der Waals surface area contributed by atoms with E-state index in [4.69, 9.17) is 21.1 Å². The van der Waals surface area contributed by atoms with Crippen molar-refractivity contribution in [2.45, 2.75) is 0 Å². The average molecular weight is 514 g/mol. The van der Waals surface area contributed by atoms with Crippen molar-refractivity contribution >= 4 is 45.6 Å². The number of nitrogens with one attached hydrogen (secondary N) is 1. The van der Waals surface area contributed by atoms with E-state index in [2.05, 4.69) is 33.0 Å². The molecule has 0 atom stereocenters. The van der Waals surface area contributed by atoms with Crippen LogP contribution in [-0.4, -0.2) is 24.7 Å². The highest BCUT2D eigenvalue weighted by molar-refractivity contribution is 9.10. The third-order valence-electron chi connectivity index (χ3n) is 4.12. The first-order chi connectivity index (χ1) is 15.5. The van der Waals surface area contributed by atoms with Gasteiger partial charge >= 0.3 is 5.97 Å². The van der Waals surface area contributed by atoms with Crippen LogP contribution in [0.2, 0.25) is 5.02 Å². The Morgan fingerprint density at radius 3 is 2.56 bits per heavy atom. The number of esters is 1. The Morgan fingerprint density at radius 2 is 1.84 bits per heavy atom. The van der Waals surface area contributed by atoms with E-state index in [1.165, 1.54) is 6.21 Å². The predicted octanol–water partition coefficient (Wildman–Crippen LogP) is 5.65. The van der Waals surface area contributed by atoms with Crippen LogP contribution in [0.4, 0.5) is 0 Å². The molecular formula is C24H18BrClN2O4. The van der Waals surface area contributed by atoms with E-state index in [0.717, 1.165) is 4.47 Å². The fourth-order valence-corrected chi connectivity index (χ4v) is 3.17. The number of hydrogen-bond acceptors (Lipinski definition) is 5. The Bertz CT molecular complexity index is 1160. The number of hydrogen-bond donors (Lipinski definition) is 1. The fourth-order valence-electron chi connectivity index (χ4n) is 2.58. The van der Waals surface area contributed by atoms with Gasteiger partial charge in [0.2, 0.25) is 0 Å². The molecule has 0 aromatic heterocycles. The standard InChI is InChI=1S/C24H18BrClN2O4/c1-2-13-31-19-10-7-16(8-11-19)23(29)28-27-15-17-14-18(25)9-12-22(17)32-24(30)20-5-3-4-6-21(20)26/h2-12,14-15H,1,13H2,(H,28,29)/b27-15-. The normalized spacial score (nSPS) is 10.6. The van der Waals surface area contributed by atoms with Gasteiger partial charge in [-0.3, -0.25) is 4.79 Å². The topological polar surface area (TPSA) is 77.0 Å². The average Bonchev–Trinajstić information content (AvgIpc) is 2.80. The van der Waals surface area contributed by atoms with Crippen LogP contribution in [0.15, 0.2) is 89.0 Å². The summed E-state index contributed by atoms with van der Waals surface area (Å²) in [6.07, 6.45) is 3.02. The molecule has 0 saturated carbocycles. The van der Waals surface area contributed by atoms with E-state index in [-0.39, 0.29) is 16.3 Å². The monoisotopic (exact) mass is 512 g/mol. The lowest BCUT2D eigenvalue weighted by molar-refractivity contribution is 0.0734. The van der Waals surface area contributed by atoms with Crippen LogP contribution in [0, 0.1) is 0 Å². The summed E-state index contributed by atoms with van der Waals surface area (Å²) in [5.74, 6) is -0.111. The van der Waals surface area contributed by atoms with Crippen molar-refractivity contribution < 1.29 is 19.1 Å². The minimum atomic E-state index is -0.602. The Labute approximate surface area is 198 Å². The maximum atomic E-state index is 12.5. The summed E-state index contributed by atoms with van der Waals surface area (Å²) in [6.45, 7) is 3.97. The molecule has 0 unspecified atom stereocenters. The number of halogens is 2. The maximum Gasteiger partial charge on any atom is 0.345 e. The van der Waals surface area contributed by atoms with E-state index >= 15 is 0 Å². The lowest BCUT2D eigenvalue weighted by Crippen LogP contribution is -2.17. The minimum absolute atomic E-state index is 0.244. The second kappa shape index (κ2) is 11.3. The Balaban J connectivity index is 1.69. The molecule has 0 bridgehead atoms. The summed E-state index contributed by atoms with van der Waals surface area (Å²) in [5.41, 5.74) is 3.58. The number of ether oxygens (including phenoxy) is 2. The van der Waals surface area contributed by atoms with Gasteiger partial charge in [-0.15, -0.1) is 0 Å². The van der Waals surface area contributed by atoms with Gasteiger partial charge in [-0.1, -0.05) is 52.3 Å². The van der Waals surface area contributed by atoms with Crippen molar-refractivity contribution in [2.24, 2.45) is 5.10 Å². The van der Waals surface area contributed by atoms with Crippen molar-refractivity contribution in [3.05, 3.63) is 106 Å². The molecule has 0 spiro atoms. The first-order valence-electron chi connectivity index (χ1n) is 9.41. The van der Waals surface area contributed by atoms with Crippen LogP contribution >= 0.6 is 27.5 Å². The summed E-state index contributed by atoms with van der Waals surface area (Å²) in [7, 11) is 0. The molecule has 1 amide bonds. The molecule has 6 nitrogen and oxygen atoms in total. The number of carbonyl (C=O) groups excluding carboxylic acids is 2. The van der Waals surface area contributed by atoms with Gasteiger partial charge in [-0.05, 0) is 54.6 Å². The molecule has 3 aromatic carbocycles. The van der Waals surface area contributed by atoms with Crippen LogP contribution in [0.3, 0.4) is 0 Å². The van der Waals surface area contributed by atoms with Gasteiger partial charge in [-0.2, -0.15) is 5.10 Å². The Morgan fingerprint density at radius 1 is 1.09 bits per heavy atom.